The summed E-state index contributed by atoms with van der Waals surface area (Å²) in [5, 5.41) is 14.3. The molecular formula is C62H36N6S. The fraction of sp³-hybridized carbons (Fsp3) is 0. The Hall–Kier alpha value is -9.04. The molecule has 0 radical (unpaired) electrons. The lowest BCUT2D eigenvalue weighted by atomic mass is 9.99. The number of nitrogens with zero attached hydrogens (tertiary/aromatic N) is 6. The average molecular weight is 897 g/mol. The van der Waals surface area contributed by atoms with Gasteiger partial charge in [0.1, 0.15) is 5.69 Å². The molecule has 0 bridgehead atoms. The van der Waals surface area contributed by atoms with Crippen LogP contribution in [0.4, 0.5) is 0 Å². The van der Waals surface area contributed by atoms with Gasteiger partial charge in [-0.15, -0.1) is 11.3 Å². The van der Waals surface area contributed by atoms with E-state index in [2.05, 4.69) is 237 Å². The van der Waals surface area contributed by atoms with Crippen molar-refractivity contribution in [2.24, 2.45) is 0 Å². The van der Waals surface area contributed by atoms with Crippen molar-refractivity contribution in [3.05, 3.63) is 218 Å². The molecule has 69 heavy (non-hydrogen) atoms. The highest BCUT2D eigenvalue weighted by Crippen LogP contribution is 2.49. The highest BCUT2D eigenvalue weighted by atomic mass is 32.1. The van der Waals surface area contributed by atoms with Crippen LogP contribution in [0.5, 0.6) is 0 Å². The van der Waals surface area contributed by atoms with Gasteiger partial charge in [0.05, 0.1) is 48.8 Å². The second-order valence-electron chi connectivity index (χ2n) is 18.1. The first-order chi connectivity index (χ1) is 34.3. The number of aromatic nitrogens is 6. The highest BCUT2D eigenvalue weighted by molar-refractivity contribution is 7.27. The van der Waals surface area contributed by atoms with Crippen LogP contribution in [0.2, 0.25) is 0 Å². The molecule has 0 N–H and O–H groups in total. The molecule has 0 fully saturated rings. The molecule has 6 aromatic heterocycles. The molecule has 0 aliphatic heterocycles. The summed E-state index contributed by atoms with van der Waals surface area (Å²) in [4.78, 5) is 12.2. The van der Waals surface area contributed by atoms with Gasteiger partial charge < -0.3 is 4.57 Å². The van der Waals surface area contributed by atoms with Gasteiger partial charge in [0.25, 0.3) is 0 Å². The van der Waals surface area contributed by atoms with Crippen molar-refractivity contribution >= 4 is 130 Å². The third kappa shape index (κ3) is 4.88. The topological polar surface area (TPSA) is 45.5 Å². The van der Waals surface area contributed by atoms with E-state index in [-0.39, 0.29) is 0 Å². The van der Waals surface area contributed by atoms with E-state index < -0.39 is 0 Å². The minimum absolute atomic E-state index is 0.591. The number of fused-ring (bicyclic) bond motifs is 19. The summed E-state index contributed by atoms with van der Waals surface area (Å²) in [7, 11) is 0. The van der Waals surface area contributed by atoms with E-state index in [1.807, 2.05) is 11.3 Å². The van der Waals surface area contributed by atoms with Crippen molar-refractivity contribution in [1.82, 2.24) is 28.2 Å². The normalized spacial score (nSPS) is 12.3. The van der Waals surface area contributed by atoms with E-state index >= 15 is 0 Å². The molecule has 0 spiro atoms. The fourth-order valence-electron chi connectivity index (χ4n) is 11.8. The third-order valence-corrected chi connectivity index (χ3v) is 15.8. The van der Waals surface area contributed by atoms with Crippen LogP contribution in [0.3, 0.4) is 0 Å². The SMILES string of the molecule is c1ccc2c(c1)sc1c2c2ccccc2c2c3ccccc3n(-c3nc(-n4c5ccccc5c5ccccc54)c(-n4c5ccccc5c5ccccc54)c(-n4c5ccccc5c5ccccc54)n3)c12. The van der Waals surface area contributed by atoms with Gasteiger partial charge in [-0.3, -0.25) is 13.7 Å². The maximum Gasteiger partial charge on any atom is 0.238 e. The van der Waals surface area contributed by atoms with Gasteiger partial charge in [-0.25, -0.2) is 0 Å². The van der Waals surface area contributed by atoms with Crippen molar-refractivity contribution in [2.75, 3.05) is 0 Å². The van der Waals surface area contributed by atoms with Crippen LogP contribution >= 0.6 is 11.3 Å². The van der Waals surface area contributed by atoms with Crippen LogP contribution in [-0.2, 0) is 0 Å². The molecular weight excluding hydrogens is 861 g/mol. The predicted octanol–water partition coefficient (Wildman–Crippen LogP) is 16.4. The number of thiophene rings is 1. The maximum atomic E-state index is 6.08. The van der Waals surface area contributed by atoms with Crippen LogP contribution in [0.25, 0.3) is 141 Å². The van der Waals surface area contributed by atoms with Crippen LogP contribution < -0.4 is 0 Å². The van der Waals surface area contributed by atoms with Gasteiger partial charge in [0, 0.05) is 58.6 Å². The molecule has 10 aromatic carbocycles. The van der Waals surface area contributed by atoms with Gasteiger partial charge in [0.15, 0.2) is 11.6 Å². The zero-order valence-electron chi connectivity index (χ0n) is 36.9. The van der Waals surface area contributed by atoms with E-state index in [0.29, 0.717) is 5.95 Å². The second kappa shape index (κ2) is 13.8. The van der Waals surface area contributed by atoms with E-state index in [0.717, 1.165) is 88.4 Å². The predicted molar refractivity (Wildman–Crippen MR) is 290 cm³/mol. The minimum atomic E-state index is 0.591. The molecule has 0 amide bonds. The average Bonchev–Trinajstić information content (AvgIpc) is 4.22. The molecule has 0 aliphatic carbocycles. The quantitative estimate of drug-likeness (QED) is 0.177. The maximum absolute atomic E-state index is 6.08. The Morgan fingerprint density at radius 2 is 0.594 bits per heavy atom. The molecule has 0 unspecified atom stereocenters. The molecule has 0 atom stereocenters. The third-order valence-electron chi connectivity index (χ3n) is 14.6. The van der Waals surface area contributed by atoms with Crippen LogP contribution in [-0.4, -0.2) is 28.2 Å². The lowest BCUT2D eigenvalue weighted by Crippen LogP contribution is -2.16. The molecule has 16 rings (SSSR count). The molecule has 320 valence electrons. The Balaban J connectivity index is 1.20. The Kier molecular flexibility index (Phi) is 7.40. The zero-order chi connectivity index (χ0) is 44.9. The zero-order valence-corrected chi connectivity index (χ0v) is 37.7. The fourth-order valence-corrected chi connectivity index (χ4v) is 13.1. The number of hydrogen-bond acceptors (Lipinski definition) is 3. The van der Waals surface area contributed by atoms with Gasteiger partial charge in [0.2, 0.25) is 5.95 Å². The number of para-hydroxylation sites is 7. The molecule has 0 saturated carbocycles. The number of benzene rings is 10. The van der Waals surface area contributed by atoms with Crippen molar-refractivity contribution in [3.8, 4) is 23.3 Å². The molecule has 6 nitrogen and oxygen atoms in total. The van der Waals surface area contributed by atoms with Crippen molar-refractivity contribution < 1.29 is 0 Å². The van der Waals surface area contributed by atoms with E-state index in [1.165, 1.54) is 47.1 Å². The monoisotopic (exact) mass is 896 g/mol. The van der Waals surface area contributed by atoms with Gasteiger partial charge in [-0.1, -0.05) is 170 Å². The summed E-state index contributed by atoms with van der Waals surface area (Å²) in [5.41, 5.74) is 9.47. The summed E-state index contributed by atoms with van der Waals surface area (Å²) in [6.07, 6.45) is 0. The number of hydrogen-bond donors (Lipinski definition) is 0. The van der Waals surface area contributed by atoms with E-state index in [1.54, 1.807) is 0 Å². The first-order valence-corrected chi connectivity index (χ1v) is 24.2. The Bertz CT molecular complexity index is 4570. The Morgan fingerprint density at radius 3 is 1.03 bits per heavy atom. The summed E-state index contributed by atoms with van der Waals surface area (Å²) in [5.74, 6) is 2.15. The first-order valence-electron chi connectivity index (χ1n) is 23.4. The smallest absolute Gasteiger partial charge is 0.238 e. The summed E-state index contributed by atoms with van der Waals surface area (Å²) in [6, 6.07) is 79.1. The Labute approximate surface area is 397 Å². The van der Waals surface area contributed by atoms with Crippen molar-refractivity contribution in [3.63, 3.8) is 0 Å². The van der Waals surface area contributed by atoms with Gasteiger partial charge >= 0.3 is 0 Å². The minimum Gasteiger partial charge on any atom is -0.303 e. The van der Waals surface area contributed by atoms with E-state index in [4.69, 9.17) is 9.97 Å². The lowest BCUT2D eigenvalue weighted by molar-refractivity contribution is 0.894. The van der Waals surface area contributed by atoms with E-state index in [9.17, 15) is 0 Å². The molecule has 0 aliphatic rings. The molecule has 0 saturated heterocycles. The standard InChI is InChI=1S/C62H36N6S/c1-2-26-44-43(25-1)55-45-27-9-17-35-53(45)68(57(55)59-56(44)46-28-10-18-36-54(46)69-59)62-63-60(66-49-31-13-5-21-39(49)40-22-6-14-32-50(40)66)58(65-47-29-11-3-19-37(47)38-20-4-12-30-48(38)65)61(64-62)67-51-33-15-7-23-41(51)42-24-8-16-34-52(42)67/h1-36H. The van der Waals surface area contributed by atoms with Crippen LogP contribution in [0, 0.1) is 0 Å². The van der Waals surface area contributed by atoms with Crippen molar-refractivity contribution in [2.45, 2.75) is 0 Å². The second-order valence-corrected chi connectivity index (χ2v) is 19.1. The van der Waals surface area contributed by atoms with Crippen molar-refractivity contribution in [1.29, 1.82) is 0 Å². The highest BCUT2D eigenvalue weighted by Gasteiger charge is 2.30. The summed E-state index contributed by atoms with van der Waals surface area (Å²) >= 11 is 1.85. The van der Waals surface area contributed by atoms with Gasteiger partial charge in [-0.05, 0) is 59.3 Å². The molecule has 7 heteroatoms. The Morgan fingerprint density at radius 1 is 0.275 bits per heavy atom. The first kappa shape index (κ1) is 37.1. The van der Waals surface area contributed by atoms with Gasteiger partial charge in [-0.2, -0.15) is 9.97 Å². The molecule has 16 aromatic rings. The van der Waals surface area contributed by atoms with Crippen LogP contribution in [0.1, 0.15) is 0 Å². The van der Waals surface area contributed by atoms with Crippen LogP contribution in [0.15, 0.2) is 218 Å². The largest absolute Gasteiger partial charge is 0.303 e. The summed E-state index contributed by atoms with van der Waals surface area (Å²) in [6.45, 7) is 0. The lowest BCUT2D eigenvalue weighted by Gasteiger charge is -2.22. The number of rotatable bonds is 4. The summed E-state index contributed by atoms with van der Waals surface area (Å²) < 4.78 is 12.1. The molecule has 6 heterocycles.